The molecule has 3 rings (SSSR count). The number of hydrogen-bond donors (Lipinski definition) is 1. The van der Waals surface area contributed by atoms with Crippen LogP contribution in [0.1, 0.15) is 29.5 Å². The summed E-state index contributed by atoms with van der Waals surface area (Å²) in [6, 6.07) is 22.9. The van der Waals surface area contributed by atoms with E-state index in [1.54, 1.807) is 6.07 Å². The predicted molar refractivity (Wildman–Crippen MR) is 122 cm³/mol. The summed E-state index contributed by atoms with van der Waals surface area (Å²) in [4.78, 5) is 4.19. The molecule has 4 heteroatoms. The molecule has 0 aromatic heterocycles. The van der Waals surface area contributed by atoms with Gasteiger partial charge in [0.15, 0.2) is 11.5 Å². The Labute approximate surface area is 174 Å². The maximum absolute atomic E-state index is 10.1. The standard InChI is InChI=1S/C25H30N2O2/c1-6-29-24-17-20(11-16-23(24)28)25(18-7-12-21(13-8-18)26(2)3)19-9-14-22(15-10-19)27(4)5/h7-17,25,28H,6H2,1-5H3. The van der Waals surface area contributed by atoms with Gasteiger partial charge in [0.1, 0.15) is 0 Å². The van der Waals surface area contributed by atoms with Gasteiger partial charge in [-0.05, 0) is 60.0 Å². The molecule has 0 unspecified atom stereocenters. The van der Waals surface area contributed by atoms with E-state index in [-0.39, 0.29) is 11.7 Å². The molecule has 0 fully saturated rings. The molecular formula is C25H30N2O2. The van der Waals surface area contributed by atoms with Crippen LogP contribution in [-0.2, 0) is 0 Å². The summed E-state index contributed by atoms with van der Waals surface area (Å²) in [6.07, 6.45) is 0. The van der Waals surface area contributed by atoms with E-state index in [0.717, 1.165) is 16.9 Å². The van der Waals surface area contributed by atoms with Gasteiger partial charge in [-0.3, -0.25) is 0 Å². The third kappa shape index (κ3) is 4.65. The Hall–Kier alpha value is -3.14. The summed E-state index contributed by atoms with van der Waals surface area (Å²) in [6.45, 7) is 2.43. The Morgan fingerprint density at radius 2 is 1.17 bits per heavy atom. The normalized spacial score (nSPS) is 10.8. The number of benzene rings is 3. The highest BCUT2D eigenvalue weighted by atomic mass is 16.5. The molecule has 0 aliphatic carbocycles. The monoisotopic (exact) mass is 390 g/mol. The second-order valence-corrected chi connectivity index (χ2v) is 7.57. The van der Waals surface area contributed by atoms with E-state index in [4.69, 9.17) is 4.74 Å². The Morgan fingerprint density at radius 1 is 0.724 bits per heavy atom. The minimum atomic E-state index is 0.0437. The lowest BCUT2D eigenvalue weighted by Crippen LogP contribution is -2.10. The summed E-state index contributed by atoms with van der Waals surface area (Å²) in [5.41, 5.74) is 5.80. The number of rotatable bonds is 7. The second-order valence-electron chi connectivity index (χ2n) is 7.57. The molecule has 4 nitrogen and oxygen atoms in total. The molecule has 0 atom stereocenters. The van der Waals surface area contributed by atoms with Gasteiger partial charge >= 0.3 is 0 Å². The molecule has 0 heterocycles. The van der Waals surface area contributed by atoms with Gasteiger partial charge < -0.3 is 19.6 Å². The second kappa shape index (κ2) is 8.91. The average Bonchev–Trinajstić information content (AvgIpc) is 2.71. The highest BCUT2D eigenvalue weighted by molar-refractivity contribution is 5.55. The minimum Gasteiger partial charge on any atom is -0.504 e. The Balaban J connectivity index is 2.09. The quantitative estimate of drug-likeness (QED) is 0.569. The number of anilines is 2. The summed E-state index contributed by atoms with van der Waals surface area (Å²) in [5, 5.41) is 10.1. The van der Waals surface area contributed by atoms with Crippen LogP contribution in [0.4, 0.5) is 11.4 Å². The van der Waals surface area contributed by atoms with E-state index in [2.05, 4.69) is 58.3 Å². The Bertz CT molecular complexity index is 881. The van der Waals surface area contributed by atoms with Crippen LogP contribution in [-0.4, -0.2) is 39.9 Å². The van der Waals surface area contributed by atoms with Crippen molar-refractivity contribution in [2.45, 2.75) is 12.8 Å². The summed E-state index contributed by atoms with van der Waals surface area (Å²) < 4.78 is 5.64. The van der Waals surface area contributed by atoms with Crippen molar-refractivity contribution in [2.24, 2.45) is 0 Å². The average molecular weight is 391 g/mol. The van der Waals surface area contributed by atoms with E-state index >= 15 is 0 Å². The fourth-order valence-corrected chi connectivity index (χ4v) is 3.49. The molecular weight excluding hydrogens is 360 g/mol. The van der Waals surface area contributed by atoms with Crippen molar-refractivity contribution >= 4 is 11.4 Å². The van der Waals surface area contributed by atoms with Gasteiger partial charge in [-0.2, -0.15) is 0 Å². The van der Waals surface area contributed by atoms with E-state index in [9.17, 15) is 5.11 Å². The molecule has 0 aliphatic rings. The molecule has 1 N–H and O–H groups in total. The fraction of sp³-hybridized carbons (Fsp3) is 0.280. The van der Waals surface area contributed by atoms with Gasteiger partial charge in [0.2, 0.25) is 0 Å². The number of hydrogen-bond acceptors (Lipinski definition) is 4. The first-order valence-electron chi connectivity index (χ1n) is 9.91. The minimum absolute atomic E-state index is 0.0437. The van der Waals surface area contributed by atoms with E-state index in [1.807, 2.05) is 47.2 Å². The summed E-state index contributed by atoms with van der Waals surface area (Å²) in [5.74, 6) is 0.729. The van der Waals surface area contributed by atoms with Crippen molar-refractivity contribution in [2.75, 3.05) is 44.6 Å². The lowest BCUT2D eigenvalue weighted by atomic mass is 9.85. The van der Waals surface area contributed by atoms with Crippen molar-refractivity contribution < 1.29 is 9.84 Å². The van der Waals surface area contributed by atoms with Gasteiger partial charge in [0.25, 0.3) is 0 Å². The van der Waals surface area contributed by atoms with E-state index in [1.165, 1.54) is 11.1 Å². The van der Waals surface area contributed by atoms with Crippen molar-refractivity contribution in [3.8, 4) is 11.5 Å². The number of phenolic OH excluding ortho intramolecular Hbond substituents is 1. The van der Waals surface area contributed by atoms with Crippen LogP contribution in [0.2, 0.25) is 0 Å². The van der Waals surface area contributed by atoms with Gasteiger partial charge in [0, 0.05) is 45.5 Å². The SMILES string of the molecule is CCOc1cc(C(c2ccc(N(C)C)cc2)c2ccc(N(C)C)cc2)ccc1O. The van der Waals surface area contributed by atoms with Crippen LogP contribution in [0.25, 0.3) is 0 Å². The number of nitrogens with zero attached hydrogens (tertiary/aromatic N) is 2. The maximum atomic E-state index is 10.1. The molecule has 0 bridgehead atoms. The lowest BCUT2D eigenvalue weighted by molar-refractivity contribution is 0.317. The lowest BCUT2D eigenvalue weighted by Gasteiger charge is -2.22. The third-order valence-corrected chi connectivity index (χ3v) is 5.10. The molecule has 0 saturated heterocycles. The molecule has 152 valence electrons. The molecule has 0 amide bonds. The predicted octanol–water partition coefficient (Wildman–Crippen LogP) is 5.10. The molecule has 3 aromatic rings. The van der Waals surface area contributed by atoms with Crippen molar-refractivity contribution in [3.63, 3.8) is 0 Å². The highest BCUT2D eigenvalue weighted by Gasteiger charge is 2.19. The maximum Gasteiger partial charge on any atom is 0.161 e. The number of aromatic hydroxyl groups is 1. The molecule has 0 radical (unpaired) electrons. The molecule has 3 aromatic carbocycles. The van der Waals surface area contributed by atoms with E-state index in [0.29, 0.717) is 12.4 Å². The summed E-state index contributed by atoms with van der Waals surface area (Å²) in [7, 11) is 8.17. The van der Waals surface area contributed by atoms with Crippen molar-refractivity contribution in [1.82, 2.24) is 0 Å². The van der Waals surface area contributed by atoms with Gasteiger partial charge in [-0.1, -0.05) is 30.3 Å². The van der Waals surface area contributed by atoms with Crippen LogP contribution in [0.3, 0.4) is 0 Å². The van der Waals surface area contributed by atoms with Crippen LogP contribution in [0, 0.1) is 0 Å². The Morgan fingerprint density at radius 3 is 1.59 bits per heavy atom. The van der Waals surface area contributed by atoms with Gasteiger partial charge in [-0.15, -0.1) is 0 Å². The van der Waals surface area contributed by atoms with Gasteiger partial charge in [0.05, 0.1) is 6.61 Å². The zero-order valence-corrected chi connectivity index (χ0v) is 17.9. The number of phenols is 1. The van der Waals surface area contributed by atoms with Gasteiger partial charge in [-0.25, -0.2) is 0 Å². The molecule has 0 saturated carbocycles. The summed E-state index contributed by atoms with van der Waals surface area (Å²) >= 11 is 0. The molecule has 0 aliphatic heterocycles. The topological polar surface area (TPSA) is 35.9 Å². The first kappa shape index (κ1) is 20.6. The highest BCUT2D eigenvalue weighted by Crippen LogP contribution is 2.37. The zero-order chi connectivity index (χ0) is 21.0. The van der Waals surface area contributed by atoms with Crippen LogP contribution >= 0.6 is 0 Å². The largest absolute Gasteiger partial charge is 0.504 e. The first-order valence-corrected chi connectivity index (χ1v) is 9.91. The molecule has 29 heavy (non-hydrogen) atoms. The number of ether oxygens (including phenoxy) is 1. The fourth-order valence-electron chi connectivity index (χ4n) is 3.49. The van der Waals surface area contributed by atoms with E-state index < -0.39 is 0 Å². The van der Waals surface area contributed by atoms with Crippen LogP contribution < -0.4 is 14.5 Å². The third-order valence-electron chi connectivity index (χ3n) is 5.10. The van der Waals surface area contributed by atoms with Crippen molar-refractivity contribution in [1.29, 1.82) is 0 Å². The van der Waals surface area contributed by atoms with Crippen molar-refractivity contribution in [3.05, 3.63) is 83.4 Å². The zero-order valence-electron chi connectivity index (χ0n) is 17.9. The van der Waals surface area contributed by atoms with Crippen LogP contribution in [0.5, 0.6) is 11.5 Å². The first-order chi connectivity index (χ1) is 13.9. The Kier molecular flexibility index (Phi) is 6.32. The smallest absolute Gasteiger partial charge is 0.161 e. The van der Waals surface area contributed by atoms with Crippen LogP contribution in [0.15, 0.2) is 66.7 Å². The molecule has 0 spiro atoms.